The molecule has 0 atom stereocenters. The van der Waals surface area contributed by atoms with Gasteiger partial charge in [-0.1, -0.05) is 12.1 Å². The van der Waals surface area contributed by atoms with E-state index in [9.17, 15) is 9.18 Å². The zero-order valence-electron chi connectivity index (χ0n) is 13.2. The van der Waals surface area contributed by atoms with Crippen LogP contribution >= 0.6 is 22.7 Å². The first-order valence-electron chi connectivity index (χ1n) is 7.35. The van der Waals surface area contributed by atoms with E-state index in [2.05, 4.69) is 15.6 Å². The topological polar surface area (TPSA) is 54.0 Å². The van der Waals surface area contributed by atoms with Gasteiger partial charge in [0, 0.05) is 16.7 Å². The molecule has 0 radical (unpaired) electrons. The molecule has 0 aliphatic carbocycles. The average Bonchev–Trinajstić information content (AvgIpc) is 3.14. The maximum atomic E-state index is 13.7. The van der Waals surface area contributed by atoms with Crippen molar-refractivity contribution in [3.05, 3.63) is 52.0 Å². The van der Waals surface area contributed by atoms with Crippen LogP contribution in [0.4, 0.5) is 15.2 Å². The number of nitrogens with zero attached hydrogens (tertiary/aromatic N) is 1. The molecule has 3 rings (SSSR count). The molecule has 3 aromatic rings. The second kappa shape index (κ2) is 7.11. The first-order chi connectivity index (χ1) is 11.5. The summed E-state index contributed by atoms with van der Waals surface area (Å²) in [4.78, 5) is 18.7. The summed E-state index contributed by atoms with van der Waals surface area (Å²) in [5.41, 5.74) is 1.30. The van der Waals surface area contributed by atoms with Gasteiger partial charge in [-0.05, 0) is 31.2 Å². The average molecular weight is 361 g/mol. The number of hydrogen-bond donors (Lipinski definition) is 2. The van der Waals surface area contributed by atoms with E-state index < -0.39 is 0 Å². The molecule has 0 bridgehead atoms. The standard InChI is InChI=1S/C17H16FN3OS2/c1-10-16(15-8-7-12(24-15)9-19-11(2)22)21-17(23-10)20-14-6-4-3-5-13(14)18/h3-8H,9H2,1-2H3,(H,19,22)(H,20,21). The Balaban J connectivity index is 1.79. The molecule has 1 aromatic carbocycles. The van der Waals surface area contributed by atoms with Gasteiger partial charge in [-0.2, -0.15) is 0 Å². The SMILES string of the molecule is CC(=O)NCc1ccc(-c2nc(Nc3ccccc3F)sc2C)s1. The molecule has 0 saturated heterocycles. The fourth-order valence-electron chi connectivity index (χ4n) is 2.17. The third-order valence-electron chi connectivity index (χ3n) is 3.32. The number of halogens is 1. The van der Waals surface area contributed by atoms with Crippen LogP contribution in [0, 0.1) is 12.7 Å². The number of para-hydroxylation sites is 1. The van der Waals surface area contributed by atoms with Crippen molar-refractivity contribution in [2.24, 2.45) is 0 Å². The molecule has 1 amide bonds. The molecule has 2 aromatic heterocycles. The van der Waals surface area contributed by atoms with E-state index in [0.29, 0.717) is 17.4 Å². The molecule has 0 aliphatic heterocycles. The largest absolute Gasteiger partial charge is 0.351 e. The predicted octanol–water partition coefficient (Wildman–Crippen LogP) is 4.70. The molecule has 0 aliphatic rings. The van der Waals surface area contributed by atoms with Crippen molar-refractivity contribution >= 4 is 39.4 Å². The van der Waals surface area contributed by atoms with E-state index in [1.165, 1.54) is 24.3 Å². The maximum absolute atomic E-state index is 13.7. The third kappa shape index (κ3) is 3.80. The van der Waals surface area contributed by atoms with Crippen molar-refractivity contribution in [1.29, 1.82) is 0 Å². The summed E-state index contributed by atoms with van der Waals surface area (Å²) in [7, 11) is 0. The Morgan fingerprint density at radius 3 is 2.75 bits per heavy atom. The zero-order valence-corrected chi connectivity index (χ0v) is 14.9. The van der Waals surface area contributed by atoms with Crippen molar-refractivity contribution in [2.75, 3.05) is 5.32 Å². The molecule has 2 heterocycles. The molecule has 124 valence electrons. The van der Waals surface area contributed by atoms with Crippen LogP contribution in [-0.2, 0) is 11.3 Å². The predicted molar refractivity (Wildman–Crippen MR) is 97.4 cm³/mol. The van der Waals surface area contributed by atoms with Gasteiger partial charge in [-0.25, -0.2) is 9.37 Å². The highest BCUT2D eigenvalue weighted by atomic mass is 32.1. The zero-order chi connectivity index (χ0) is 17.1. The summed E-state index contributed by atoms with van der Waals surface area (Å²) in [5, 5.41) is 6.47. The van der Waals surface area contributed by atoms with E-state index in [1.54, 1.807) is 29.5 Å². The first kappa shape index (κ1) is 16.6. The van der Waals surface area contributed by atoms with E-state index >= 15 is 0 Å². The van der Waals surface area contributed by atoms with E-state index in [-0.39, 0.29) is 11.7 Å². The minimum atomic E-state index is -0.305. The smallest absolute Gasteiger partial charge is 0.217 e. The number of amides is 1. The van der Waals surface area contributed by atoms with Gasteiger partial charge < -0.3 is 10.6 Å². The van der Waals surface area contributed by atoms with Gasteiger partial charge in [0.05, 0.1) is 22.8 Å². The van der Waals surface area contributed by atoms with Crippen LogP contribution in [0.25, 0.3) is 10.6 Å². The van der Waals surface area contributed by atoms with Crippen molar-refractivity contribution in [1.82, 2.24) is 10.3 Å². The van der Waals surface area contributed by atoms with Gasteiger partial charge in [-0.3, -0.25) is 4.79 Å². The fraction of sp³-hybridized carbons (Fsp3) is 0.176. The molecule has 24 heavy (non-hydrogen) atoms. The maximum Gasteiger partial charge on any atom is 0.217 e. The second-order valence-corrected chi connectivity index (χ2v) is 7.58. The number of anilines is 2. The van der Waals surface area contributed by atoms with Gasteiger partial charge in [0.2, 0.25) is 5.91 Å². The van der Waals surface area contributed by atoms with Crippen LogP contribution in [0.15, 0.2) is 36.4 Å². The van der Waals surface area contributed by atoms with Crippen molar-refractivity contribution in [3.63, 3.8) is 0 Å². The molecule has 0 unspecified atom stereocenters. The number of benzene rings is 1. The molecule has 4 nitrogen and oxygen atoms in total. The number of thiazole rings is 1. The van der Waals surface area contributed by atoms with Crippen LogP contribution in [0.3, 0.4) is 0 Å². The summed E-state index contributed by atoms with van der Waals surface area (Å²) >= 11 is 3.08. The van der Waals surface area contributed by atoms with Crippen molar-refractivity contribution < 1.29 is 9.18 Å². The number of aryl methyl sites for hydroxylation is 1. The Kier molecular flexibility index (Phi) is 4.92. The Morgan fingerprint density at radius 2 is 2.00 bits per heavy atom. The van der Waals surface area contributed by atoms with Crippen LogP contribution in [0.5, 0.6) is 0 Å². The summed E-state index contributed by atoms with van der Waals surface area (Å²) < 4.78 is 13.7. The van der Waals surface area contributed by atoms with E-state index in [0.717, 1.165) is 20.3 Å². The fourth-order valence-corrected chi connectivity index (χ4v) is 4.07. The van der Waals surface area contributed by atoms with Crippen LogP contribution in [0.2, 0.25) is 0 Å². The highest BCUT2D eigenvalue weighted by molar-refractivity contribution is 7.18. The minimum absolute atomic E-state index is 0.0498. The number of hydrogen-bond acceptors (Lipinski definition) is 5. The van der Waals surface area contributed by atoms with E-state index in [4.69, 9.17) is 0 Å². The number of carbonyl (C=O) groups excluding carboxylic acids is 1. The number of nitrogens with one attached hydrogen (secondary N) is 2. The lowest BCUT2D eigenvalue weighted by Gasteiger charge is -2.02. The van der Waals surface area contributed by atoms with Crippen LogP contribution < -0.4 is 10.6 Å². The quantitative estimate of drug-likeness (QED) is 0.693. The molecule has 0 fully saturated rings. The monoisotopic (exact) mass is 361 g/mol. The van der Waals surface area contributed by atoms with Crippen LogP contribution in [-0.4, -0.2) is 10.9 Å². The van der Waals surface area contributed by atoms with Gasteiger partial charge in [0.25, 0.3) is 0 Å². The van der Waals surface area contributed by atoms with Gasteiger partial charge in [0.15, 0.2) is 5.13 Å². The highest BCUT2D eigenvalue weighted by Crippen LogP contribution is 2.35. The van der Waals surface area contributed by atoms with E-state index in [1.807, 2.05) is 19.1 Å². The van der Waals surface area contributed by atoms with Gasteiger partial charge in [0.1, 0.15) is 5.82 Å². The molecule has 2 N–H and O–H groups in total. The summed E-state index contributed by atoms with van der Waals surface area (Å²) in [6.07, 6.45) is 0. The minimum Gasteiger partial charge on any atom is -0.351 e. The number of carbonyl (C=O) groups is 1. The van der Waals surface area contributed by atoms with Crippen molar-refractivity contribution in [2.45, 2.75) is 20.4 Å². The molecule has 0 saturated carbocycles. The lowest BCUT2D eigenvalue weighted by molar-refractivity contribution is -0.119. The molecule has 7 heteroatoms. The van der Waals surface area contributed by atoms with Gasteiger partial charge in [-0.15, -0.1) is 22.7 Å². The van der Waals surface area contributed by atoms with Gasteiger partial charge >= 0.3 is 0 Å². The summed E-state index contributed by atoms with van der Waals surface area (Å²) in [6, 6.07) is 10.5. The normalized spacial score (nSPS) is 10.6. The Labute approximate surface area is 147 Å². The van der Waals surface area contributed by atoms with Crippen molar-refractivity contribution in [3.8, 4) is 10.6 Å². The second-order valence-electron chi connectivity index (χ2n) is 5.20. The first-order valence-corrected chi connectivity index (χ1v) is 8.98. The lowest BCUT2D eigenvalue weighted by Crippen LogP contribution is -2.17. The highest BCUT2D eigenvalue weighted by Gasteiger charge is 2.13. The number of thiophene rings is 1. The molecular formula is C17H16FN3OS2. The summed E-state index contributed by atoms with van der Waals surface area (Å²) in [5.74, 6) is -0.355. The number of rotatable bonds is 5. The Morgan fingerprint density at radius 1 is 1.21 bits per heavy atom. The molecule has 0 spiro atoms. The molecular weight excluding hydrogens is 345 g/mol. The van der Waals surface area contributed by atoms with Crippen LogP contribution in [0.1, 0.15) is 16.7 Å². The Hall–Kier alpha value is -2.25. The Bertz CT molecular complexity index is 872. The third-order valence-corrected chi connectivity index (χ3v) is 5.30. The lowest BCUT2D eigenvalue weighted by atomic mass is 10.3. The summed E-state index contributed by atoms with van der Waals surface area (Å²) in [6.45, 7) is 4.01. The number of aromatic nitrogens is 1.